The molecule has 0 spiro atoms. The van der Waals surface area contributed by atoms with Crippen LogP contribution in [0.2, 0.25) is 0 Å². The molecule has 0 fully saturated rings. The number of nitriles is 1. The van der Waals surface area contributed by atoms with Gasteiger partial charge in [0.1, 0.15) is 16.9 Å². The number of hydrogen-bond donors (Lipinski definition) is 1. The van der Waals surface area contributed by atoms with Gasteiger partial charge in [0.25, 0.3) is 0 Å². The number of rotatable bonds is 4. The summed E-state index contributed by atoms with van der Waals surface area (Å²) in [5.41, 5.74) is 0.444. The van der Waals surface area contributed by atoms with Gasteiger partial charge in [-0.25, -0.2) is 9.97 Å². The largest absolute Gasteiger partial charge is 0.364 e. The van der Waals surface area contributed by atoms with E-state index < -0.39 is 4.92 Å². The molecule has 0 saturated heterocycles. The molecule has 0 aliphatic heterocycles. The number of hydrogen-bond acceptors (Lipinski definition) is 7. The van der Waals surface area contributed by atoms with Crippen molar-refractivity contribution < 1.29 is 4.92 Å². The van der Waals surface area contributed by atoms with Gasteiger partial charge in [-0.1, -0.05) is 0 Å². The van der Waals surface area contributed by atoms with Crippen molar-refractivity contribution in [1.29, 1.82) is 5.26 Å². The molecule has 0 atom stereocenters. The van der Waals surface area contributed by atoms with Crippen LogP contribution in [0.3, 0.4) is 0 Å². The topological polar surface area (TPSA) is 105 Å². The van der Waals surface area contributed by atoms with Crippen molar-refractivity contribution in [2.45, 2.75) is 13.5 Å². The second-order valence-electron chi connectivity index (χ2n) is 3.67. The molecule has 0 aliphatic rings. The van der Waals surface area contributed by atoms with E-state index in [2.05, 4.69) is 15.3 Å². The summed E-state index contributed by atoms with van der Waals surface area (Å²) >= 11 is 1.51. The Labute approximate surface area is 112 Å². The Morgan fingerprint density at radius 2 is 2.32 bits per heavy atom. The molecule has 0 unspecified atom stereocenters. The Balaban J connectivity index is 2.14. The third-order valence-electron chi connectivity index (χ3n) is 2.26. The number of aromatic nitrogens is 2. The van der Waals surface area contributed by atoms with E-state index in [0.29, 0.717) is 12.4 Å². The first-order chi connectivity index (χ1) is 9.10. The summed E-state index contributed by atoms with van der Waals surface area (Å²) in [5.74, 6) is 0.412. The number of nitro groups is 1. The maximum atomic E-state index is 10.7. The summed E-state index contributed by atoms with van der Waals surface area (Å²) in [6.07, 6.45) is 0. The average molecular weight is 275 g/mol. The monoisotopic (exact) mass is 275 g/mol. The predicted molar refractivity (Wildman–Crippen MR) is 69.8 cm³/mol. The van der Waals surface area contributed by atoms with Crippen LogP contribution in [0.4, 0.5) is 11.5 Å². The minimum Gasteiger partial charge on any atom is -0.364 e. The molecule has 2 aromatic heterocycles. The summed E-state index contributed by atoms with van der Waals surface area (Å²) in [5, 5.41) is 25.3. The highest BCUT2D eigenvalue weighted by Crippen LogP contribution is 2.19. The highest BCUT2D eigenvalue weighted by Gasteiger charge is 2.15. The molecule has 19 heavy (non-hydrogen) atoms. The van der Waals surface area contributed by atoms with Gasteiger partial charge in [-0.2, -0.15) is 5.26 Å². The first-order valence-corrected chi connectivity index (χ1v) is 6.18. The lowest BCUT2D eigenvalue weighted by Gasteiger charge is -2.03. The van der Waals surface area contributed by atoms with Gasteiger partial charge in [-0.15, -0.1) is 11.3 Å². The zero-order chi connectivity index (χ0) is 13.8. The fourth-order valence-electron chi connectivity index (χ4n) is 1.43. The molecular weight excluding hydrogens is 266 g/mol. The lowest BCUT2D eigenvalue weighted by Crippen LogP contribution is -2.03. The highest BCUT2D eigenvalue weighted by atomic mass is 32.1. The summed E-state index contributed by atoms with van der Waals surface area (Å²) in [6, 6.07) is 4.45. The Morgan fingerprint density at radius 3 is 2.89 bits per heavy atom. The Bertz CT molecular complexity index is 661. The van der Waals surface area contributed by atoms with Gasteiger partial charge in [0, 0.05) is 17.1 Å². The first-order valence-electron chi connectivity index (χ1n) is 5.30. The fraction of sp³-hybridized carbons (Fsp3) is 0.182. The number of thiazole rings is 1. The average Bonchev–Trinajstić information content (AvgIpc) is 2.81. The van der Waals surface area contributed by atoms with Crippen LogP contribution < -0.4 is 5.32 Å². The zero-order valence-corrected chi connectivity index (χ0v) is 10.8. The molecule has 0 radical (unpaired) electrons. The van der Waals surface area contributed by atoms with Crippen LogP contribution in [0.5, 0.6) is 0 Å². The highest BCUT2D eigenvalue weighted by molar-refractivity contribution is 7.09. The zero-order valence-electron chi connectivity index (χ0n) is 9.95. The maximum absolute atomic E-state index is 10.7. The molecule has 0 saturated carbocycles. The smallest absolute Gasteiger partial charge is 0.305 e. The SMILES string of the molecule is Cc1csc(CNc2ccc([N+](=O)[O-])c(C#N)n2)n1. The van der Waals surface area contributed by atoms with Crippen molar-refractivity contribution in [3.63, 3.8) is 0 Å². The summed E-state index contributed by atoms with van der Waals surface area (Å²) in [4.78, 5) is 18.2. The van der Waals surface area contributed by atoms with Gasteiger partial charge in [-0.05, 0) is 13.0 Å². The molecule has 0 aliphatic carbocycles. The molecule has 2 rings (SSSR count). The lowest BCUT2D eigenvalue weighted by atomic mass is 10.3. The van der Waals surface area contributed by atoms with Crippen LogP contribution in [0, 0.1) is 28.4 Å². The summed E-state index contributed by atoms with van der Waals surface area (Å²) in [6.45, 7) is 2.37. The standard InChI is InChI=1S/C11H9N5O2S/c1-7-6-19-11(14-7)5-13-10-3-2-9(16(17)18)8(4-12)15-10/h2-3,6H,5H2,1H3,(H,13,15). The molecule has 1 N–H and O–H groups in total. The fourth-order valence-corrected chi connectivity index (χ4v) is 2.14. The number of aryl methyl sites for hydroxylation is 1. The molecule has 0 bridgehead atoms. The molecule has 96 valence electrons. The minimum atomic E-state index is -0.625. The van der Waals surface area contributed by atoms with Crippen molar-refractivity contribution in [2.24, 2.45) is 0 Å². The van der Waals surface area contributed by atoms with Crippen molar-refractivity contribution in [3.05, 3.63) is 44.0 Å². The molecule has 0 amide bonds. The van der Waals surface area contributed by atoms with Gasteiger partial charge >= 0.3 is 5.69 Å². The predicted octanol–water partition coefficient (Wildman–Crippen LogP) is 2.24. The van der Waals surface area contributed by atoms with Crippen molar-refractivity contribution in [3.8, 4) is 6.07 Å². The third-order valence-corrected chi connectivity index (χ3v) is 3.23. The van der Waals surface area contributed by atoms with E-state index in [4.69, 9.17) is 5.26 Å². The molecule has 0 aromatic carbocycles. The van der Waals surface area contributed by atoms with Crippen molar-refractivity contribution >= 4 is 22.8 Å². The molecule has 7 nitrogen and oxygen atoms in total. The van der Waals surface area contributed by atoms with E-state index in [1.807, 2.05) is 12.3 Å². The van der Waals surface area contributed by atoms with Crippen molar-refractivity contribution in [1.82, 2.24) is 9.97 Å². The molecule has 2 heterocycles. The molecule has 8 heteroatoms. The number of anilines is 1. The minimum absolute atomic E-state index is 0.203. The van der Waals surface area contributed by atoms with Gasteiger partial charge in [0.2, 0.25) is 5.69 Å². The Kier molecular flexibility index (Phi) is 3.68. The number of nitrogens with one attached hydrogen (secondary N) is 1. The van der Waals surface area contributed by atoms with Crippen LogP contribution in [0.25, 0.3) is 0 Å². The van der Waals surface area contributed by atoms with Crippen molar-refractivity contribution in [2.75, 3.05) is 5.32 Å². The Hall–Kier alpha value is -2.53. The second-order valence-corrected chi connectivity index (χ2v) is 4.61. The van der Waals surface area contributed by atoms with Crippen LogP contribution in [-0.4, -0.2) is 14.9 Å². The Morgan fingerprint density at radius 1 is 1.53 bits per heavy atom. The molecular formula is C11H9N5O2S. The van der Waals surface area contributed by atoms with E-state index in [0.717, 1.165) is 10.7 Å². The van der Waals surface area contributed by atoms with Crippen LogP contribution >= 0.6 is 11.3 Å². The normalized spacial score (nSPS) is 9.89. The second kappa shape index (κ2) is 5.41. The first kappa shape index (κ1) is 12.9. The van der Waals surface area contributed by atoms with Crippen LogP contribution in [0.1, 0.15) is 16.4 Å². The third kappa shape index (κ3) is 3.02. The van der Waals surface area contributed by atoms with Gasteiger partial charge in [0.15, 0.2) is 0 Å². The van der Waals surface area contributed by atoms with E-state index in [9.17, 15) is 10.1 Å². The number of nitrogens with zero attached hydrogens (tertiary/aromatic N) is 4. The van der Waals surface area contributed by atoms with Gasteiger partial charge in [0.05, 0.1) is 11.5 Å². The van der Waals surface area contributed by atoms with E-state index in [-0.39, 0.29) is 11.4 Å². The number of pyridine rings is 1. The summed E-state index contributed by atoms with van der Waals surface area (Å²) < 4.78 is 0. The van der Waals surface area contributed by atoms with E-state index in [1.54, 1.807) is 6.07 Å². The molecule has 2 aromatic rings. The van der Waals surface area contributed by atoms with E-state index in [1.165, 1.54) is 23.5 Å². The van der Waals surface area contributed by atoms with Crippen LogP contribution in [-0.2, 0) is 6.54 Å². The maximum Gasteiger partial charge on any atom is 0.305 e. The van der Waals surface area contributed by atoms with Crippen LogP contribution in [0.15, 0.2) is 17.5 Å². The lowest BCUT2D eigenvalue weighted by molar-refractivity contribution is -0.385. The van der Waals surface area contributed by atoms with E-state index >= 15 is 0 Å². The summed E-state index contributed by atoms with van der Waals surface area (Å²) in [7, 11) is 0. The van der Waals surface area contributed by atoms with Gasteiger partial charge in [-0.3, -0.25) is 10.1 Å². The van der Waals surface area contributed by atoms with Gasteiger partial charge < -0.3 is 5.32 Å². The quantitative estimate of drug-likeness (QED) is 0.677.